The Morgan fingerprint density at radius 3 is 2.93 bits per heavy atom. The summed E-state index contributed by atoms with van der Waals surface area (Å²) in [6.45, 7) is 5.24. The summed E-state index contributed by atoms with van der Waals surface area (Å²) in [6.07, 6.45) is 3.10. The van der Waals surface area contributed by atoms with E-state index in [-0.39, 0.29) is 17.9 Å². The number of nitrogens with zero attached hydrogens (tertiary/aromatic N) is 3. The van der Waals surface area contributed by atoms with E-state index in [0.717, 1.165) is 30.2 Å². The van der Waals surface area contributed by atoms with Crippen molar-refractivity contribution in [1.82, 2.24) is 15.0 Å². The summed E-state index contributed by atoms with van der Waals surface area (Å²) in [5, 5.41) is 3.94. The molecule has 0 unspecified atom stereocenters. The van der Waals surface area contributed by atoms with Gasteiger partial charge in [-0.05, 0) is 43.8 Å². The second-order valence-corrected chi connectivity index (χ2v) is 8.43. The quantitative estimate of drug-likeness (QED) is 0.677. The zero-order valence-electron chi connectivity index (χ0n) is 16.4. The number of aromatic nitrogens is 1. The lowest BCUT2D eigenvalue weighted by Gasteiger charge is -2.29. The van der Waals surface area contributed by atoms with E-state index < -0.39 is 0 Å². The number of ether oxygens (including phenoxy) is 1. The standard InChI is InChI=1S/C20H27N3O3S/c1-20(9-10-22(2)13-20)14-23(3)19(24)16-11-15(26-21-16)12-25-17-7-5-6-8-18(17)27-4/h5-8,11H,9-10,12-14H2,1-4H3/t20-/m1/s1. The Hall–Kier alpha value is -1.99. The summed E-state index contributed by atoms with van der Waals surface area (Å²) in [7, 11) is 3.94. The maximum Gasteiger partial charge on any atom is 0.275 e. The number of carbonyl (C=O) groups excluding carboxylic acids is 1. The van der Waals surface area contributed by atoms with Crippen LogP contribution in [0.4, 0.5) is 0 Å². The molecule has 0 radical (unpaired) electrons. The Balaban J connectivity index is 1.58. The van der Waals surface area contributed by atoms with E-state index in [1.807, 2.05) is 37.6 Å². The van der Waals surface area contributed by atoms with Gasteiger partial charge in [0.2, 0.25) is 0 Å². The average molecular weight is 390 g/mol. The molecule has 3 rings (SSSR count). The number of benzene rings is 1. The lowest BCUT2D eigenvalue weighted by Crippen LogP contribution is -2.38. The van der Waals surface area contributed by atoms with Gasteiger partial charge in [0.05, 0.1) is 0 Å². The number of rotatable bonds is 7. The molecule has 1 aromatic heterocycles. The molecule has 2 heterocycles. The Morgan fingerprint density at radius 1 is 1.44 bits per heavy atom. The van der Waals surface area contributed by atoms with E-state index in [0.29, 0.717) is 18.0 Å². The summed E-state index contributed by atoms with van der Waals surface area (Å²) in [4.78, 5) is 17.8. The maximum atomic E-state index is 12.7. The zero-order valence-corrected chi connectivity index (χ0v) is 17.2. The first-order valence-corrected chi connectivity index (χ1v) is 10.3. The Morgan fingerprint density at radius 2 is 2.22 bits per heavy atom. The molecule has 1 aromatic carbocycles. The molecule has 1 atom stereocenters. The van der Waals surface area contributed by atoms with Crippen LogP contribution in [0.5, 0.6) is 5.75 Å². The first-order chi connectivity index (χ1) is 12.9. The third-order valence-corrected chi connectivity index (χ3v) is 5.71. The van der Waals surface area contributed by atoms with Crippen molar-refractivity contribution in [2.24, 2.45) is 5.41 Å². The minimum Gasteiger partial charge on any atom is -0.484 e. The largest absolute Gasteiger partial charge is 0.484 e. The fourth-order valence-corrected chi connectivity index (χ4v) is 4.15. The van der Waals surface area contributed by atoms with Gasteiger partial charge in [-0.3, -0.25) is 4.79 Å². The summed E-state index contributed by atoms with van der Waals surface area (Å²) in [5.74, 6) is 1.21. The number of hydrogen-bond acceptors (Lipinski definition) is 6. The fraction of sp³-hybridized carbons (Fsp3) is 0.500. The van der Waals surface area contributed by atoms with Crippen molar-refractivity contribution in [2.75, 3.05) is 40.0 Å². The van der Waals surface area contributed by atoms with E-state index in [9.17, 15) is 4.79 Å². The van der Waals surface area contributed by atoms with Crippen LogP contribution in [0, 0.1) is 5.41 Å². The Kier molecular flexibility index (Phi) is 6.11. The highest BCUT2D eigenvalue weighted by molar-refractivity contribution is 7.98. The van der Waals surface area contributed by atoms with Crippen molar-refractivity contribution in [3.8, 4) is 5.75 Å². The average Bonchev–Trinajstić information content (AvgIpc) is 3.26. The molecule has 27 heavy (non-hydrogen) atoms. The second-order valence-electron chi connectivity index (χ2n) is 7.58. The number of carbonyl (C=O) groups is 1. The van der Waals surface area contributed by atoms with Gasteiger partial charge in [-0.15, -0.1) is 11.8 Å². The van der Waals surface area contributed by atoms with Crippen molar-refractivity contribution in [1.29, 1.82) is 0 Å². The van der Waals surface area contributed by atoms with E-state index in [1.165, 1.54) is 0 Å². The molecule has 1 aliphatic heterocycles. The number of para-hydroxylation sites is 1. The molecule has 1 amide bonds. The SMILES string of the molecule is CSc1ccccc1OCc1cc(C(=O)N(C)C[C@]2(C)CCN(C)C2)no1. The van der Waals surface area contributed by atoms with Crippen LogP contribution in [0.25, 0.3) is 0 Å². The molecule has 1 aliphatic rings. The molecule has 0 aliphatic carbocycles. The molecule has 146 valence electrons. The third kappa shape index (κ3) is 4.84. The minimum absolute atomic E-state index is 0.120. The highest BCUT2D eigenvalue weighted by Crippen LogP contribution is 2.30. The highest BCUT2D eigenvalue weighted by atomic mass is 32.2. The van der Waals surface area contributed by atoms with Crippen molar-refractivity contribution < 1.29 is 14.1 Å². The van der Waals surface area contributed by atoms with Gasteiger partial charge < -0.3 is 19.1 Å². The smallest absolute Gasteiger partial charge is 0.275 e. The number of likely N-dealkylation sites (tertiary alicyclic amines) is 1. The second kappa shape index (κ2) is 8.35. The third-order valence-electron chi connectivity index (χ3n) is 4.93. The molecule has 1 fully saturated rings. The maximum absolute atomic E-state index is 12.7. The Labute approximate surface area is 164 Å². The van der Waals surface area contributed by atoms with Crippen LogP contribution in [-0.4, -0.2) is 60.8 Å². The van der Waals surface area contributed by atoms with Gasteiger partial charge in [0.15, 0.2) is 11.5 Å². The van der Waals surface area contributed by atoms with E-state index in [4.69, 9.17) is 9.26 Å². The molecule has 2 aromatic rings. The molecule has 6 nitrogen and oxygen atoms in total. The van der Waals surface area contributed by atoms with Crippen molar-refractivity contribution >= 4 is 17.7 Å². The molecule has 7 heteroatoms. The molecular weight excluding hydrogens is 362 g/mol. The van der Waals surface area contributed by atoms with Crippen LogP contribution in [0.15, 0.2) is 39.8 Å². The van der Waals surface area contributed by atoms with Crippen LogP contribution < -0.4 is 4.74 Å². The summed E-state index contributed by atoms with van der Waals surface area (Å²) < 4.78 is 11.1. The van der Waals surface area contributed by atoms with Gasteiger partial charge in [0, 0.05) is 31.1 Å². The fourth-order valence-electron chi connectivity index (χ4n) is 3.61. The van der Waals surface area contributed by atoms with Crippen molar-refractivity contribution in [3.63, 3.8) is 0 Å². The summed E-state index contributed by atoms with van der Waals surface area (Å²) in [6, 6.07) is 9.50. The first-order valence-electron chi connectivity index (χ1n) is 9.06. The molecule has 1 saturated heterocycles. The zero-order chi connectivity index (χ0) is 19.4. The van der Waals surface area contributed by atoms with E-state index >= 15 is 0 Å². The molecular formula is C20H27N3O3S. The lowest BCUT2D eigenvalue weighted by molar-refractivity contribution is 0.0719. The number of hydrogen-bond donors (Lipinski definition) is 0. The lowest BCUT2D eigenvalue weighted by atomic mass is 9.89. The van der Waals surface area contributed by atoms with Crippen molar-refractivity contribution in [2.45, 2.75) is 24.8 Å². The number of thioether (sulfide) groups is 1. The first kappa shape index (κ1) is 19.8. The van der Waals surface area contributed by atoms with Crippen LogP contribution in [0.2, 0.25) is 0 Å². The summed E-state index contributed by atoms with van der Waals surface area (Å²) in [5.41, 5.74) is 0.445. The van der Waals surface area contributed by atoms with Crippen LogP contribution >= 0.6 is 11.8 Å². The van der Waals surface area contributed by atoms with Crippen LogP contribution in [0.1, 0.15) is 29.6 Å². The van der Waals surface area contributed by atoms with E-state index in [1.54, 1.807) is 22.7 Å². The van der Waals surface area contributed by atoms with Gasteiger partial charge in [-0.25, -0.2) is 0 Å². The van der Waals surface area contributed by atoms with Crippen LogP contribution in [-0.2, 0) is 6.61 Å². The highest BCUT2D eigenvalue weighted by Gasteiger charge is 2.34. The minimum atomic E-state index is -0.120. The normalized spacial score (nSPS) is 20.0. The summed E-state index contributed by atoms with van der Waals surface area (Å²) >= 11 is 1.62. The topological polar surface area (TPSA) is 58.8 Å². The molecule has 0 bridgehead atoms. The van der Waals surface area contributed by atoms with Gasteiger partial charge in [-0.1, -0.05) is 24.2 Å². The Bertz CT molecular complexity index is 794. The molecule has 0 spiro atoms. The van der Waals surface area contributed by atoms with Gasteiger partial charge in [0.1, 0.15) is 12.4 Å². The van der Waals surface area contributed by atoms with Gasteiger partial charge >= 0.3 is 0 Å². The van der Waals surface area contributed by atoms with Crippen LogP contribution in [0.3, 0.4) is 0 Å². The number of amides is 1. The van der Waals surface area contributed by atoms with Crippen molar-refractivity contribution in [3.05, 3.63) is 41.8 Å². The molecule has 0 saturated carbocycles. The predicted molar refractivity (Wildman–Crippen MR) is 106 cm³/mol. The van der Waals surface area contributed by atoms with E-state index in [2.05, 4.69) is 24.0 Å². The molecule has 0 N–H and O–H groups in total. The van der Waals surface area contributed by atoms with Gasteiger partial charge in [-0.2, -0.15) is 0 Å². The van der Waals surface area contributed by atoms with Gasteiger partial charge in [0.25, 0.3) is 5.91 Å². The monoisotopic (exact) mass is 389 g/mol. The predicted octanol–water partition coefficient (Wildman–Crippen LogP) is 3.39.